The largest absolute Gasteiger partial charge is 0.497 e. The van der Waals surface area contributed by atoms with Crippen LogP contribution in [0.15, 0.2) is 60.7 Å². The molecule has 2 aliphatic rings. The topological polar surface area (TPSA) is 59.1 Å². The molecule has 1 amide bonds. The van der Waals surface area contributed by atoms with Gasteiger partial charge in [-0.05, 0) is 11.6 Å². The van der Waals surface area contributed by atoms with Gasteiger partial charge in [0.05, 0.1) is 14.2 Å². The molecule has 0 saturated carbocycles. The molecular weight excluding hydrogens is 404 g/mol. The molecule has 6 heteroatoms. The van der Waals surface area contributed by atoms with Crippen molar-refractivity contribution in [1.29, 1.82) is 0 Å². The van der Waals surface area contributed by atoms with Crippen LogP contribution in [0.1, 0.15) is 26.3 Å². The zero-order chi connectivity index (χ0) is 22.2. The van der Waals surface area contributed by atoms with Crippen molar-refractivity contribution in [1.82, 2.24) is 4.90 Å². The van der Waals surface area contributed by atoms with E-state index in [0.717, 1.165) is 28.3 Å². The highest BCUT2D eigenvalue weighted by molar-refractivity contribution is 6.24. The maximum Gasteiger partial charge on any atom is 0.254 e. The number of nitrogens with zero attached hydrogens (tertiary/aromatic N) is 2. The third kappa shape index (κ3) is 3.28. The fourth-order valence-electron chi connectivity index (χ4n) is 4.57. The van der Waals surface area contributed by atoms with Gasteiger partial charge in [-0.2, -0.15) is 0 Å². The smallest absolute Gasteiger partial charge is 0.254 e. The van der Waals surface area contributed by atoms with E-state index in [4.69, 9.17) is 9.47 Å². The number of benzene rings is 3. The van der Waals surface area contributed by atoms with E-state index in [-0.39, 0.29) is 11.7 Å². The quantitative estimate of drug-likeness (QED) is 0.494. The van der Waals surface area contributed by atoms with Crippen molar-refractivity contribution in [3.05, 3.63) is 77.4 Å². The molecule has 32 heavy (non-hydrogen) atoms. The normalized spacial score (nSPS) is 14.8. The van der Waals surface area contributed by atoms with Crippen LogP contribution in [0, 0.1) is 0 Å². The SMILES string of the molecule is COc1cc(OC)cc(N2CCN(C(=O)c3cccc4c3-c3ccccc3C4=O)CC2)c1. The van der Waals surface area contributed by atoms with Crippen LogP contribution in [-0.4, -0.2) is 57.0 Å². The first-order valence-corrected chi connectivity index (χ1v) is 10.6. The molecule has 3 aromatic rings. The van der Waals surface area contributed by atoms with Gasteiger partial charge in [0.2, 0.25) is 0 Å². The van der Waals surface area contributed by atoms with E-state index in [1.807, 2.05) is 59.5 Å². The van der Waals surface area contributed by atoms with Crippen LogP contribution in [0.5, 0.6) is 11.5 Å². The number of hydrogen-bond donors (Lipinski definition) is 0. The van der Waals surface area contributed by atoms with Gasteiger partial charge >= 0.3 is 0 Å². The predicted molar refractivity (Wildman–Crippen MR) is 123 cm³/mol. The lowest BCUT2D eigenvalue weighted by Gasteiger charge is -2.36. The molecule has 1 aliphatic heterocycles. The van der Waals surface area contributed by atoms with Crippen LogP contribution in [-0.2, 0) is 0 Å². The molecule has 1 saturated heterocycles. The van der Waals surface area contributed by atoms with Gasteiger partial charge in [-0.3, -0.25) is 9.59 Å². The third-order valence-corrected chi connectivity index (χ3v) is 6.25. The highest BCUT2D eigenvalue weighted by atomic mass is 16.5. The zero-order valence-corrected chi connectivity index (χ0v) is 18.1. The number of hydrogen-bond acceptors (Lipinski definition) is 5. The molecular formula is C26H24N2O4. The van der Waals surface area contributed by atoms with Gasteiger partial charge in [0.25, 0.3) is 5.91 Å². The number of ketones is 1. The summed E-state index contributed by atoms with van der Waals surface area (Å²) in [5.74, 6) is 1.43. The minimum atomic E-state index is -0.0331. The number of fused-ring (bicyclic) bond motifs is 3. The summed E-state index contributed by atoms with van der Waals surface area (Å²) in [4.78, 5) is 30.4. The summed E-state index contributed by atoms with van der Waals surface area (Å²) >= 11 is 0. The summed E-state index contributed by atoms with van der Waals surface area (Å²) < 4.78 is 10.8. The minimum absolute atomic E-state index is 0.0120. The first-order chi connectivity index (χ1) is 15.6. The summed E-state index contributed by atoms with van der Waals surface area (Å²) in [5, 5.41) is 0. The van der Waals surface area contributed by atoms with E-state index in [2.05, 4.69) is 4.90 Å². The van der Waals surface area contributed by atoms with Gasteiger partial charge < -0.3 is 19.3 Å². The Morgan fingerprint density at radius 2 is 1.41 bits per heavy atom. The van der Waals surface area contributed by atoms with E-state index in [1.165, 1.54) is 0 Å². The summed E-state index contributed by atoms with van der Waals surface area (Å²) in [5.41, 5.74) is 4.49. The summed E-state index contributed by atoms with van der Waals surface area (Å²) in [7, 11) is 3.27. The van der Waals surface area contributed by atoms with Crippen LogP contribution >= 0.6 is 0 Å². The molecule has 0 atom stereocenters. The second-order valence-corrected chi connectivity index (χ2v) is 7.95. The van der Waals surface area contributed by atoms with Gasteiger partial charge in [-0.1, -0.05) is 36.4 Å². The highest BCUT2D eigenvalue weighted by Crippen LogP contribution is 2.39. The summed E-state index contributed by atoms with van der Waals surface area (Å²) in [6, 6.07) is 18.8. The standard InChI is InChI=1S/C26H24N2O4/c1-31-18-14-17(15-19(16-18)32-2)27-10-12-28(13-11-27)26(30)23-9-5-8-22-24(23)20-6-3-4-7-21(20)25(22)29/h3-9,14-16H,10-13H2,1-2H3. The number of rotatable bonds is 4. The second-order valence-electron chi connectivity index (χ2n) is 7.95. The molecule has 1 fully saturated rings. The molecule has 0 radical (unpaired) electrons. The Bertz CT molecular complexity index is 1190. The molecule has 1 aliphatic carbocycles. The molecule has 0 unspecified atom stereocenters. The Morgan fingerprint density at radius 3 is 2.06 bits per heavy atom. The van der Waals surface area contributed by atoms with E-state index >= 15 is 0 Å². The van der Waals surface area contributed by atoms with Crippen LogP contribution in [0.2, 0.25) is 0 Å². The first kappa shape index (κ1) is 20.1. The molecule has 1 heterocycles. The van der Waals surface area contributed by atoms with Crippen molar-refractivity contribution in [3.8, 4) is 22.6 Å². The number of amides is 1. The summed E-state index contributed by atoms with van der Waals surface area (Å²) in [6.07, 6.45) is 0. The van der Waals surface area contributed by atoms with Gasteiger partial charge in [-0.15, -0.1) is 0 Å². The van der Waals surface area contributed by atoms with Gasteiger partial charge in [-0.25, -0.2) is 0 Å². The van der Waals surface area contributed by atoms with E-state index in [0.29, 0.717) is 42.9 Å². The molecule has 0 aromatic heterocycles. The number of methoxy groups -OCH3 is 2. The van der Waals surface area contributed by atoms with Gasteiger partial charge in [0.1, 0.15) is 11.5 Å². The molecule has 5 rings (SSSR count). The fourth-order valence-corrected chi connectivity index (χ4v) is 4.57. The van der Waals surface area contributed by atoms with Crippen LogP contribution in [0.25, 0.3) is 11.1 Å². The molecule has 0 bridgehead atoms. The molecule has 0 N–H and O–H groups in total. The van der Waals surface area contributed by atoms with Crippen LogP contribution < -0.4 is 14.4 Å². The molecule has 162 valence electrons. The average Bonchev–Trinajstić information content (AvgIpc) is 3.15. The number of anilines is 1. The Kier molecular flexibility index (Phi) is 5.05. The number of ether oxygens (including phenoxy) is 2. The second kappa shape index (κ2) is 8.04. The minimum Gasteiger partial charge on any atom is -0.497 e. The van der Waals surface area contributed by atoms with Crippen molar-refractivity contribution >= 4 is 17.4 Å². The Hall–Kier alpha value is -3.80. The first-order valence-electron chi connectivity index (χ1n) is 10.6. The number of piperazine rings is 1. The van der Waals surface area contributed by atoms with E-state index in [1.54, 1.807) is 20.3 Å². The van der Waals surface area contributed by atoms with E-state index < -0.39 is 0 Å². The predicted octanol–water partition coefficient (Wildman–Crippen LogP) is 3.88. The number of carbonyl (C=O) groups is 2. The van der Waals surface area contributed by atoms with Crippen molar-refractivity contribution in [2.24, 2.45) is 0 Å². The Balaban J connectivity index is 1.38. The van der Waals surface area contributed by atoms with Gasteiger partial charge in [0.15, 0.2) is 5.78 Å². The molecule has 0 spiro atoms. The van der Waals surface area contributed by atoms with E-state index in [9.17, 15) is 9.59 Å². The highest BCUT2D eigenvalue weighted by Gasteiger charge is 2.32. The van der Waals surface area contributed by atoms with Crippen molar-refractivity contribution in [3.63, 3.8) is 0 Å². The monoisotopic (exact) mass is 428 g/mol. The Labute approximate surface area is 187 Å². The lowest BCUT2D eigenvalue weighted by atomic mass is 9.98. The fraction of sp³-hybridized carbons (Fsp3) is 0.231. The van der Waals surface area contributed by atoms with Crippen LogP contribution in [0.3, 0.4) is 0 Å². The van der Waals surface area contributed by atoms with Crippen LogP contribution in [0.4, 0.5) is 5.69 Å². The summed E-state index contributed by atoms with van der Waals surface area (Å²) in [6.45, 7) is 2.59. The van der Waals surface area contributed by atoms with Crippen molar-refractivity contribution in [2.45, 2.75) is 0 Å². The maximum absolute atomic E-state index is 13.5. The van der Waals surface area contributed by atoms with Crippen molar-refractivity contribution in [2.75, 3.05) is 45.3 Å². The van der Waals surface area contributed by atoms with Gasteiger partial charge in [0, 0.05) is 72.3 Å². The third-order valence-electron chi connectivity index (χ3n) is 6.25. The van der Waals surface area contributed by atoms with Crippen molar-refractivity contribution < 1.29 is 19.1 Å². The molecule has 6 nitrogen and oxygen atoms in total. The lowest BCUT2D eigenvalue weighted by Crippen LogP contribution is -2.48. The Morgan fingerprint density at radius 1 is 0.781 bits per heavy atom. The number of carbonyl (C=O) groups excluding carboxylic acids is 2. The average molecular weight is 428 g/mol. The lowest BCUT2D eigenvalue weighted by molar-refractivity contribution is 0.0747. The zero-order valence-electron chi connectivity index (χ0n) is 18.1. The maximum atomic E-state index is 13.5. The molecule has 3 aromatic carbocycles.